The molecule has 33 heavy (non-hydrogen) atoms. The van der Waals surface area contributed by atoms with Crippen LogP contribution in [0.2, 0.25) is 0 Å². The third kappa shape index (κ3) is 4.49. The lowest BCUT2D eigenvalue weighted by molar-refractivity contribution is -0.138. The number of carboxylic acid groups (broad SMARTS) is 1. The Kier molecular flexibility index (Phi) is 6.38. The van der Waals surface area contributed by atoms with Gasteiger partial charge in [0.1, 0.15) is 6.54 Å². The number of hydrogen-bond acceptors (Lipinski definition) is 5. The zero-order valence-corrected chi connectivity index (χ0v) is 17.9. The molecule has 0 aliphatic carbocycles. The molecule has 0 spiro atoms. The van der Waals surface area contributed by atoms with Crippen LogP contribution in [-0.2, 0) is 11.0 Å². The van der Waals surface area contributed by atoms with Crippen molar-refractivity contribution in [3.63, 3.8) is 0 Å². The van der Waals surface area contributed by atoms with Crippen LogP contribution in [0.25, 0.3) is 0 Å². The molecular formula is C22H15F3N4O3S. The SMILES string of the molecule is CC1=C(C#N)C(c2ccc(C#N)cc2S)N(CC(=O)O)C(=O)N1c1cccc(C(F)(F)F)c1. The van der Waals surface area contributed by atoms with Crippen LogP contribution < -0.4 is 4.90 Å². The van der Waals surface area contributed by atoms with Crippen molar-refractivity contribution in [2.24, 2.45) is 0 Å². The highest BCUT2D eigenvalue weighted by Gasteiger charge is 2.42. The summed E-state index contributed by atoms with van der Waals surface area (Å²) < 4.78 is 39.7. The summed E-state index contributed by atoms with van der Waals surface area (Å²) in [6.07, 6.45) is -4.67. The van der Waals surface area contributed by atoms with Crippen molar-refractivity contribution >= 4 is 30.3 Å². The van der Waals surface area contributed by atoms with Crippen molar-refractivity contribution in [3.05, 3.63) is 70.4 Å². The molecule has 168 valence electrons. The molecule has 2 aromatic carbocycles. The van der Waals surface area contributed by atoms with E-state index in [4.69, 9.17) is 5.26 Å². The van der Waals surface area contributed by atoms with Gasteiger partial charge >= 0.3 is 18.2 Å². The molecular weight excluding hydrogens is 457 g/mol. The minimum absolute atomic E-state index is 0.0468. The van der Waals surface area contributed by atoms with Gasteiger partial charge in [0.15, 0.2) is 0 Å². The second-order valence-corrected chi connectivity index (χ2v) is 7.57. The van der Waals surface area contributed by atoms with Crippen LogP contribution in [-0.4, -0.2) is 28.6 Å². The Morgan fingerprint density at radius 3 is 2.42 bits per heavy atom. The van der Waals surface area contributed by atoms with Gasteiger partial charge in [0.2, 0.25) is 0 Å². The average Bonchev–Trinajstić information content (AvgIpc) is 2.75. The average molecular weight is 472 g/mol. The number of nitriles is 2. The molecule has 1 N–H and O–H groups in total. The minimum atomic E-state index is -4.67. The summed E-state index contributed by atoms with van der Waals surface area (Å²) >= 11 is 4.33. The number of halogens is 3. The van der Waals surface area contributed by atoms with Crippen molar-refractivity contribution in [2.45, 2.75) is 24.0 Å². The third-order valence-electron chi connectivity index (χ3n) is 5.06. The van der Waals surface area contributed by atoms with Gasteiger partial charge in [-0.2, -0.15) is 23.7 Å². The molecule has 0 bridgehead atoms. The first-order chi connectivity index (χ1) is 15.5. The first-order valence-electron chi connectivity index (χ1n) is 9.33. The predicted octanol–water partition coefficient (Wildman–Crippen LogP) is 4.73. The van der Waals surface area contributed by atoms with Crippen LogP contribution in [0.15, 0.2) is 58.6 Å². The maximum Gasteiger partial charge on any atom is 0.416 e. The number of benzene rings is 2. The number of nitrogens with zero attached hydrogens (tertiary/aromatic N) is 4. The fourth-order valence-electron chi connectivity index (χ4n) is 3.60. The quantitative estimate of drug-likeness (QED) is 0.626. The second-order valence-electron chi connectivity index (χ2n) is 7.09. The summed E-state index contributed by atoms with van der Waals surface area (Å²) in [6, 6.07) is 10.1. The van der Waals surface area contributed by atoms with Gasteiger partial charge < -0.3 is 10.0 Å². The van der Waals surface area contributed by atoms with Crippen LogP contribution >= 0.6 is 12.6 Å². The number of carbonyl (C=O) groups is 2. The Morgan fingerprint density at radius 2 is 1.88 bits per heavy atom. The zero-order chi connectivity index (χ0) is 24.5. The lowest BCUT2D eigenvalue weighted by Gasteiger charge is -2.41. The highest BCUT2D eigenvalue weighted by molar-refractivity contribution is 7.80. The molecule has 1 aliphatic heterocycles. The Morgan fingerprint density at radius 1 is 1.18 bits per heavy atom. The van der Waals surface area contributed by atoms with Gasteiger partial charge in [-0.15, -0.1) is 12.6 Å². The summed E-state index contributed by atoms with van der Waals surface area (Å²) in [5.74, 6) is -1.39. The second kappa shape index (κ2) is 8.88. The molecule has 3 rings (SSSR count). The van der Waals surface area contributed by atoms with Crippen molar-refractivity contribution in [3.8, 4) is 12.1 Å². The Balaban J connectivity index is 2.25. The third-order valence-corrected chi connectivity index (χ3v) is 5.45. The van der Waals surface area contributed by atoms with Crippen LogP contribution in [0.4, 0.5) is 23.7 Å². The van der Waals surface area contributed by atoms with Crippen LogP contribution in [0.1, 0.15) is 29.7 Å². The predicted molar refractivity (Wildman–Crippen MR) is 113 cm³/mol. The normalized spacial score (nSPS) is 16.5. The molecule has 0 saturated carbocycles. The molecule has 1 heterocycles. The molecule has 7 nitrogen and oxygen atoms in total. The van der Waals surface area contributed by atoms with Gasteiger partial charge in [0.05, 0.1) is 40.6 Å². The fourth-order valence-corrected chi connectivity index (χ4v) is 3.93. The zero-order valence-electron chi connectivity index (χ0n) is 17.0. The molecule has 1 atom stereocenters. The van der Waals surface area contributed by atoms with Gasteiger partial charge in [0.25, 0.3) is 0 Å². The van der Waals surface area contributed by atoms with E-state index in [2.05, 4.69) is 12.6 Å². The van der Waals surface area contributed by atoms with E-state index in [1.54, 1.807) is 0 Å². The first kappa shape index (κ1) is 23.7. The van der Waals surface area contributed by atoms with Gasteiger partial charge in [-0.25, -0.2) is 4.79 Å². The van der Waals surface area contributed by atoms with Crippen LogP contribution in [0.3, 0.4) is 0 Å². The smallest absolute Gasteiger partial charge is 0.416 e. The highest BCUT2D eigenvalue weighted by atomic mass is 32.1. The molecule has 11 heteroatoms. The van der Waals surface area contributed by atoms with Gasteiger partial charge in [-0.3, -0.25) is 9.69 Å². The van der Waals surface area contributed by atoms with Crippen molar-refractivity contribution < 1.29 is 27.9 Å². The number of amides is 2. The lowest BCUT2D eigenvalue weighted by Crippen LogP contribution is -2.51. The fraction of sp³-hybridized carbons (Fsp3) is 0.182. The molecule has 0 fully saturated rings. The number of thiol groups is 1. The number of allylic oxidation sites excluding steroid dienone is 1. The number of hydrogen-bond donors (Lipinski definition) is 2. The van der Waals surface area contributed by atoms with E-state index >= 15 is 0 Å². The molecule has 1 unspecified atom stereocenters. The largest absolute Gasteiger partial charge is 0.480 e. The molecule has 0 aromatic heterocycles. The number of carboxylic acids is 1. The van der Waals surface area contributed by atoms with E-state index in [1.165, 1.54) is 31.2 Å². The first-order valence-corrected chi connectivity index (χ1v) is 9.78. The topological polar surface area (TPSA) is 108 Å². The minimum Gasteiger partial charge on any atom is -0.480 e. The molecule has 0 saturated heterocycles. The van der Waals surface area contributed by atoms with Gasteiger partial charge in [-0.1, -0.05) is 12.1 Å². The Labute approximate surface area is 192 Å². The van der Waals surface area contributed by atoms with Crippen LogP contribution in [0, 0.1) is 22.7 Å². The van der Waals surface area contributed by atoms with Crippen LogP contribution in [0.5, 0.6) is 0 Å². The number of rotatable bonds is 4. The number of urea groups is 1. The number of carbonyl (C=O) groups excluding carboxylic acids is 1. The number of anilines is 1. The van der Waals surface area contributed by atoms with Crippen molar-refractivity contribution in [1.82, 2.24) is 4.90 Å². The van der Waals surface area contributed by atoms with E-state index in [0.29, 0.717) is 5.56 Å². The van der Waals surface area contributed by atoms with E-state index in [1.807, 2.05) is 12.1 Å². The van der Waals surface area contributed by atoms with E-state index in [0.717, 1.165) is 28.0 Å². The van der Waals surface area contributed by atoms with E-state index in [9.17, 15) is 33.1 Å². The molecule has 0 radical (unpaired) electrons. The standard InChI is InChI=1S/C22H15F3N4O3S/c1-12-17(10-27)20(16-6-5-13(9-26)7-18(16)33)28(11-19(30)31)21(32)29(12)15-4-2-3-14(8-15)22(23,24)25/h2-8,20,33H,11H2,1H3,(H,30,31). The summed E-state index contributed by atoms with van der Waals surface area (Å²) in [7, 11) is 0. The molecule has 1 aliphatic rings. The maximum absolute atomic E-state index is 13.4. The summed E-state index contributed by atoms with van der Waals surface area (Å²) in [5.41, 5.74) is -0.610. The lowest BCUT2D eigenvalue weighted by atomic mass is 9.93. The van der Waals surface area contributed by atoms with Crippen molar-refractivity contribution in [2.75, 3.05) is 11.4 Å². The molecule has 2 aromatic rings. The van der Waals surface area contributed by atoms with Gasteiger partial charge in [-0.05, 0) is 42.8 Å². The Hall–Kier alpha value is -3.96. The van der Waals surface area contributed by atoms with Crippen molar-refractivity contribution in [1.29, 1.82) is 10.5 Å². The number of alkyl halides is 3. The number of aliphatic carboxylic acids is 1. The summed E-state index contributed by atoms with van der Waals surface area (Å²) in [6.45, 7) is 0.564. The molecule has 2 amide bonds. The Bertz CT molecular complexity index is 1260. The summed E-state index contributed by atoms with van der Waals surface area (Å²) in [4.78, 5) is 27.0. The monoisotopic (exact) mass is 472 g/mol. The highest BCUT2D eigenvalue weighted by Crippen LogP contribution is 2.41. The van der Waals surface area contributed by atoms with Gasteiger partial charge in [0, 0.05) is 10.6 Å². The maximum atomic E-state index is 13.4. The van der Waals surface area contributed by atoms with E-state index in [-0.39, 0.29) is 27.4 Å². The summed E-state index contributed by atoms with van der Waals surface area (Å²) in [5, 5.41) is 28.4. The van der Waals surface area contributed by atoms with E-state index < -0.39 is 36.3 Å².